The van der Waals surface area contributed by atoms with Crippen LogP contribution in [-0.4, -0.2) is 57.7 Å². The number of tetrazole rings is 1. The lowest BCUT2D eigenvalue weighted by Gasteiger charge is -2.34. The first-order chi connectivity index (χ1) is 19.7. The van der Waals surface area contributed by atoms with Gasteiger partial charge in [0.25, 0.3) is 5.95 Å². The van der Waals surface area contributed by atoms with E-state index in [2.05, 4.69) is 39.4 Å². The normalized spacial score (nSPS) is 21.1. The number of aliphatic hydroxyl groups is 1. The molecule has 0 saturated heterocycles. The molecule has 2 aromatic rings. The monoisotopic (exact) mass is 572 g/mol. The highest BCUT2D eigenvalue weighted by Gasteiger charge is 2.37. The second-order valence-electron chi connectivity index (χ2n) is 12.0. The molecule has 7 nitrogen and oxygen atoms in total. The smallest absolute Gasteiger partial charge is 0.394 e. The zero-order valence-corrected chi connectivity index (χ0v) is 24.5. The molecular weight excluding hydrogens is 529 g/mol. The van der Waals surface area contributed by atoms with Crippen LogP contribution in [0.1, 0.15) is 69.6 Å². The van der Waals surface area contributed by atoms with Gasteiger partial charge in [-0.15, -0.1) is 5.10 Å². The highest BCUT2D eigenvalue weighted by Crippen LogP contribution is 2.38. The van der Waals surface area contributed by atoms with E-state index in [0.29, 0.717) is 30.5 Å². The van der Waals surface area contributed by atoms with Crippen molar-refractivity contribution in [2.24, 2.45) is 17.8 Å². The molecule has 41 heavy (non-hydrogen) atoms. The lowest BCUT2D eigenvalue weighted by Crippen LogP contribution is -2.35. The van der Waals surface area contributed by atoms with Crippen LogP contribution >= 0.6 is 0 Å². The van der Waals surface area contributed by atoms with E-state index in [0.717, 1.165) is 37.9 Å². The first-order valence-corrected chi connectivity index (χ1v) is 15.2. The van der Waals surface area contributed by atoms with Gasteiger partial charge in [-0.1, -0.05) is 48.7 Å². The first-order valence-electron chi connectivity index (χ1n) is 15.2. The Hall–Kier alpha value is -2.88. The third-order valence-corrected chi connectivity index (χ3v) is 9.25. The number of halogens is 3. The number of anilines is 2. The van der Waals surface area contributed by atoms with Crippen LogP contribution in [0.3, 0.4) is 0 Å². The number of aliphatic hydroxyl groups excluding tert-OH is 1. The van der Waals surface area contributed by atoms with Gasteiger partial charge in [-0.2, -0.15) is 18.0 Å². The maximum atomic E-state index is 13.8. The molecule has 1 saturated carbocycles. The van der Waals surface area contributed by atoms with Crippen LogP contribution in [0.4, 0.5) is 24.8 Å². The maximum Gasteiger partial charge on any atom is 0.416 e. The minimum Gasteiger partial charge on any atom is -0.394 e. The van der Waals surface area contributed by atoms with Gasteiger partial charge in [0.15, 0.2) is 0 Å². The number of alkyl halides is 3. The largest absolute Gasteiger partial charge is 0.416 e. The predicted molar refractivity (Wildman–Crippen MR) is 155 cm³/mol. The summed E-state index contributed by atoms with van der Waals surface area (Å²) < 4.78 is 41.4. The van der Waals surface area contributed by atoms with E-state index in [4.69, 9.17) is 0 Å². The van der Waals surface area contributed by atoms with E-state index in [1.165, 1.54) is 59.4 Å². The molecule has 0 amide bonds. The Balaban J connectivity index is 1.51. The summed E-state index contributed by atoms with van der Waals surface area (Å²) in [5.74, 6) is 0.617. The van der Waals surface area contributed by atoms with Crippen LogP contribution in [0.5, 0.6) is 0 Å². The zero-order valence-electron chi connectivity index (χ0n) is 24.5. The van der Waals surface area contributed by atoms with Gasteiger partial charge >= 0.3 is 6.18 Å². The topological polar surface area (TPSA) is 70.3 Å². The molecule has 0 aliphatic heterocycles. The van der Waals surface area contributed by atoms with Gasteiger partial charge in [0.1, 0.15) is 0 Å². The molecule has 2 atom stereocenters. The number of hydrogen-bond acceptors (Lipinski definition) is 6. The summed E-state index contributed by atoms with van der Waals surface area (Å²) >= 11 is 0. The number of aryl methyl sites for hydroxylation is 2. The molecule has 10 heteroatoms. The average Bonchev–Trinajstić information content (AvgIpc) is 3.71. The van der Waals surface area contributed by atoms with Gasteiger partial charge in [-0.3, -0.25) is 0 Å². The molecule has 2 unspecified atom stereocenters. The van der Waals surface area contributed by atoms with Crippen molar-refractivity contribution in [1.82, 2.24) is 20.2 Å². The molecule has 0 radical (unpaired) electrons. The Morgan fingerprint density at radius 1 is 1.05 bits per heavy atom. The maximum absolute atomic E-state index is 13.8. The number of allylic oxidation sites excluding steroid dienone is 3. The van der Waals surface area contributed by atoms with Crippen LogP contribution in [-0.2, 0) is 25.9 Å². The van der Waals surface area contributed by atoms with Gasteiger partial charge in [0.05, 0.1) is 18.7 Å². The summed E-state index contributed by atoms with van der Waals surface area (Å²) in [5.41, 5.74) is 5.26. The molecular formula is C31H43F3N6O. The number of rotatable bonds is 11. The molecule has 3 aliphatic carbocycles. The number of nitrogens with zero attached hydrogens (tertiary/aromatic N) is 6. The van der Waals surface area contributed by atoms with Crippen molar-refractivity contribution in [1.29, 1.82) is 0 Å². The predicted octanol–water partition coefficient (Wildman–Crippen LogP) is 5.88. The average molecular weight is 573 g/mol. The molecule has 224 valence electrons. The van der Waals surface area contributed by atoms with Gasteiger partial charge in [0.2, 0.25) is 0 Å². The second-order valence-corrected chi connectivity index (χ2v) is 12.0. The van der Waals surface area contributed by atoms with E-state index < -0.39 is 11.7 Å². The van der Waals surface area contributed by atoms with Crippen molar-refractivity contribution >= 4 is 11.6 Å². The Morgan fingerprint density at radius 3 is 2.46 bits per heavy atom. The van der Waals surface area contributed by atoms with Crippen molar-refractivity contribution in [3.05, 3.63) is 52.1 Å². The van der Waals surface area contributed by atoms with Crippen molar-refractivity contribution < 1.29 is 18.3 Å². The Bertz CT molecular complexity index is 1260. The number of fused-ring (bicyclic) bond motifs is 1. The summed E-state index contributed by atoms with van der Waals surface area (Å²) in [4.78, 5) is 5.82. The number of aromatic nitrogens is 4. The van der Waals surface area contributed by atoms with Gasteiger partial charge in [-0.05, 0) is 85.8 Å². The van der Waals surface area contributed by atoms with Crippen LogP contribution in [0.15, 0.2) is 35.4 Å². The quantitative estimate of drug-likeness (QED) is 0.363. The fourth-order valence-corrected chi connectivity index (χ4v) is 6.73. The molecule has 1 heterocycles. The van der Waals surface area contributed by atoms with Crippen LogP contribution in [0, 0.1) is 17.8 Å². The summed E-state index contributed by atoms with van der Waals surface area (Å²) in [5, 5.41) is 22.3. The van der Waals surface area contributed by atoms with Gasteiger partial charge in [-0.25, -0.2) is 0 Å². The van der Waals surface area contributed by atoms with Crippen molar-refractivity contribution in [3.8, 4) is 0 Å². The lowest BCUT2D eigenvalue weighted by atomic mass is 9.81. The van der Waals surface area contributed by atoms with Gasteiger partial charge < -0.3 is 14.9 Å². The molecule has 3 aliphatic rings. The Kier molecular flexibility index (Phi) is 9.06. The standard InChI is InChI=1S/C31H43F3N6O/c1-4-38(18-23-8-5-6-9-23)29-17-25-11-7-10-24(25)15-27(29)20-39(30-35-37-40(36-30)12-13-41)19-26-16-28(31(32,33)34)14-21(2)22(26)3/h14-17,22-23,26,41H,4-13,18-20H2,1-3H3. The highest BCUT2D eigenvalue weighted by atomic mass is 19.4. The van der Waals surface area contributed by atoms with E-state index in [-0.39, 0.29) is 25.0 Å². The van der Waals surface area contributed by atoms with E-state index in [1.807, 2.05) is 11.8 Å². The van der Waals surface area contributed by atoms with Crippen LogP contribution in [0.2, 0.25) is 0 Å². The third-order valence-electron chi connectivity index (χ3n) is 9.25. The molecule has 0 bridgehead atoms. The minimum absolute atomic E-state index is 0.0647. The van der Waals surface area contributed by atoms with E-state index in [1.54, 1.807) is 6.92 Å². The molecule has 1 aromatic carbocycles. The fourth-order valence-electron chi connectivity index (χ4n) is 6.73. The molecule has 1 N–H and O–H groups in total. The zero-order chi connectivity index (χ0) is 29.1. The van der Waals surface area contributed by atoms with Crippen LogP contribution in [0.25, 0.3) is 0 Å². The molecule has 1 fully saturated rings. The minimum atomic E-state index is -4.40. The molecule has 1 aromatic heterocycles. The number of hydrogen-bond donors (Lipinski definition) is 1. The summed E-state index contributed by atoms with van der Waals surface area (Å²) in [6.07, 6.45) is 6.62. The highest BCUT2D eigenvalue weighted by molar-refractivity contribution is 5.60. The van der Waals surface area contributed by atoms with Crippen molar-refractivity contribution in [3.63, 3.8) is 0 Å². The van der Waals surface area contributed by atoms with Crippen LogP contribution < -0.4 is 9.80 Å². The molecule has 0 spiro atoms. The lowest BCUT2D eigenvalue weighted by molar-refractivity contribution is -0.0892. The number of benzene rings is 1. The summed E-state index contributed by atoms with van der Waals surface area (Å²) in [6, 6.07) is 4.68. The van der Waals surface area contributed by atoms with Crippen molar-refractivity contribution in [2.75, 3.05) is 36.0 Å². The first kappa shape index (κ1) is 29.6. The summed E-state index contributed by atoms with van der Waals surface area (Å²) in [6.45, 7) is 8.75. The SMILES string of the molecule is CCN(CC1CCCC1)c1cc2c(cc1CN(CC1C=C(C(F)(F)F)C=C(C)C1C)c1nnn(CCO)n1)CCC2. The Morgan fingerprint density at radius 2 is 1.78 bits per heavy atom. The summed E-state index contributed by atoms with van der Waals surface area (Å²) in [7, 11) is 0. The Labute approximate surface area is 241 Å². The van der Waals surface area contributed by atoms with E-state index >= 15 is 0 Å². The third kappa shape index (κ3) is 6.79. The van der Waals surface area contributed by atoms with E-state index in [9.17, 15) is 18.3 Å². The fraction of sp³-hybridized carbons (Fsp3) is 0.645. The molecule has 5 rings (SSSR count). The second kappa shape index (κ2) is 12.5. The van der Waals surface area contributed by atoms with Crippen molar-refractivity contribution in [2.45, 2.75) is 85.0 Å². The van der Waals surface area contributed by atoms with Gasteiger partial charge in [0, 0.05) is 37.8 Å².